The van der Waals surface area contributed by atoms with E-state index in [-0.39, 0.29) is 17.7 Å². The molecule has 1 aromatic carbocycles. The summed E-state index contributed by atoms with van der Waals surface area (Å²) in [5.74, 6) is -0.700. The van der Waals surface area contributed by atoms with Crippen molar-refractivity contribution in [3.8, 4) is 0 Å². The molecule has 0 radical (unpaired) electrons. The number of carboxylic acids is 1. The van der Waals surface area contributed by atoms with Crippen molar-refractivity contribution in [1.29, 1.82) is 0 Å². The van der Waals surface area contributed by atoms with Crippen molar-refractivity contribution >= 4 is 5.97 Å². The normalized spacial score (nSPS) is 23.9. The molecule has 2 aliphatic heterocycles. The van der Waals surface area contributed by atoms with Crippen molar-refractivity contribution in [2.45, 2.75) is 69.5 Å². The number of hydrogen-bond acceptors (Lipinski definition) is 5. The van der Waals surface area contributed by atoms with Gasteiger partial charge in [-0.15, -0.1) is 0 Å². The fraction of sp³-hybridized carbons (Fsp3) is 0.633. The minimum Gasteiger partial charge on any atom is -0.480 e. The van der Waals surface area contributed by atoms with E-state index in [2.05, 4.69) is 19.8 Å². The molecule has 3 heterocycles. The van der Waals surface area contributed by atoms with Crippen LogP contribution in [0.2, 0.25) is 0 Å². The number of carbonyl (C=O) groups is 1. The van der Waals surface area contributed by atoms with Crippen LogP contribution in [0.25, 0.3) is 0 Å². The van der Waals surface area contributed by atoms with Gasteiger partial charge in [-0.1, -0.05) is 31.4 Å². The number of likely N-dealkylation sites (tertiary alicyclic amines) is 2. The highest BCUT2D eigenvalue weighted by Gasteiger charge is 2.42. The molecule has 3 atom stereocenters. The minimum atomic E-state index is -4.52. The minimum absolute atomic E-state index is 0.0976. The lowest BCUT2D eigenvalue weighted by molar-refractivity contribution is -0.145. The molecule has 1 saturated carbocycles. The summed E-state index contributed by atoms with van der Waals surface area (Å²) in [6.07, 6.45) is 5.64. The Kier molecular flexibility index (Phi) is 9.05. The summed E-state index contributed by atoms with van der Waals surface area (Å²) in [7, 11) is 0. The zero-order chi connectivity index (χ0) is 28.3. The highest BCUT2D eigenvalue weighted by atomic mass is 19.4. The number of aliphatic carboxylic acids is 1. The smallest absolute Gasteiger partial charge is 0.451 e. The van der Waals surface area contributed by atoms with Gasteiger partial charge in [0, 0.05) is 37.9 Å². The van der Waals surface area contributed by atoms with Crippen molar-refractivity contribution < 1.29 is 27.5 Å². The molecule has 10 heteroatoms. The third kappa shape index (κ3) is 7.57. The Morgan fingerprint density at radius 2 is 1.77 bits per heavy atom. The first-order chi connectivity index (χ1) is 19.2. The van der Waals surface area contributed by atoms with E-state index >= 15 is 0 Å². The standard InChI is InChI=1S/C30H38F4N4O2/c31-25-6-2-5-23(14-25)26-19-38(27(28(39)40)13-21-7-8-21)18-24(26)17-37-11-9-20(10-12-37)3-1-4-22-15-35-29(36-16-22)30(32,33)34/h2,5-6,14-16,20-21,24,26-27H,1,3-4,7-13,17-19H2,(H,39,40). The average Bonchev–Trinajstić information content (AvgIpc) is 3.65. The Labute approximate surface area is 232 Å². The second-order valence-electron chi connectivity index (χ2n) is 12.0. The molecule has 3 fully saturated rings. The van der Waals surface area contributed by atoms with Crippen LogP contribution < -0.4 is 0 Å². The van der Waals surface area contributed by atoms with E-state index in [0.29, 0.717) is 37.8 Å². The van der Waals surface area contributed by atoms with E-state index in [1.807, 2.05) is 6.07 Å². The van der Waals surface area contributed by atoms with Gasteiger partial charge in [-0.25, -0.2) is 14.4 Å². The lowest BCUT2D eigenvalue weighted by atomic mass is 9.87. The third-order valence-corrected chi connectivity index (χ3v) is 8.96. The quantitative estimate of drug-likeness (QED) is 0.358. The van der Waals surface area contributed by atoms with Crippen LogP contribution in [0.3, 0.4) is 0 Å². The van der Waals surface area contributed by atoms with Crippen LogP contribution in [0.5, 0.6) is 0 Å². The molecule has 0 spiro atoms. The molecule has 3 unspecified atom stereocenters. The Morgan fingerprint density at radius 3 is 2.40 bits per heavy atom. The fourth-order valence-corrected chi connectivity index (χ4v) is 6.55. The van der Waals surface area contributed by atoms with E-state index in [0.717, 1.165) is 69.3 Å². The summed E-state index contributed by atoms with van der Waals surface area (Å²) in [4.78, 5) is 23.6. The molecule has 40 heavy (non-hydrogen) atoms. The van der Waals surface area contributed by atoms with Crippen LogP contribution in [0.4, 0.5) is 17.6 Å². The van der Waals surface area contributed by atoms with E-state index in [1.54, 1.807) is 12.1 Å². The van der Waals surface area contributed by atoms with Gasteiger partial charge in [0.1, 0.15) is 11.9 Å². The Bertz CT molecular complexity index is 1130. The first-order valence-corrected chi connectivity index (χ1v) is 14.5. The first kappa shape index (κ1) is 28.9. The van der Waals surface area contributed by atoms with Gasteiger partial charge < -0.3 is 10.0 Å². The van der Waals surface area contributed by atoms with Crippen LogP contribution in [0.1, 0.15) is 67.8 Å². The molecule has 218 valence electrons. The predicted octanol–water partition coefficient (Wildman–Crippen LogP) is 5.64. The predicted molar refractivity (Wildman–Crippen MR) is 142 cm³/mol. The Hall–Kier alpha value is -2.59. The molecule has 0 amide bonds. The summed E-state index contributed by atoms with van der Waals surface area (Å²) in [5.41, 5.74) is 1.67. The van der Waals surface area contributed by atoms with Gasteiger partial charge in [0.25, 0.3) is 0 Å². The summed E-state index contributed by atoms with van der Waals surface area (Å²) >= 11 is 0. The molecular weight excluding hydrogens is 524 g/mol. The molecule has 1 aromatic heterocycles. The van der Waals surface area contributed by atoms with E-state index in [4.69, 9.17) is 0 Å². The van der Waals surface area contributed by atoms with Gasteiger partial charge in [-0.05, 0) is 86.2 Å². The van der Waals surface area contributed by atoms with Crippen molar-refractivity contribution in [3.05, 3.63) is 59.4 Å². The van der Waals surface area contributed by atoms with Gasteiger partial charge in [0.2, 0.25) is 5.82 Å². The Balaban J connectivity index is 1.13. The van der Waals surface area contributed by atoms with E-state index in [1.165, 1.54) is 18.5 Å². The second kappa shape index (κ2) is 12.5. The number of alkyl halides is 3. The summed E-state index contributed by atoms with van der Waals surface area (Å²) in [5, 5.41) is 9.97. The maximum Gasteiger partial charge on any atom is 0.451 e. The lowest BCUT2D eigenvalue weighted by Crippen LogP contribution is -2.41. The topological polar surface area (TPSA) is 69.6 Å². The molecule has 1 N–H and O–H groups in total. The van der Waals surface area contributed by atoms with Crippen LogP contribution >= 0.6 is 0 Å². The molecule has 5 rings (SSSR count). The molecule has 1 aliphatic carbocycles. The van der Waals surface area contributed by atoms with Gasteiger partial charge >= 0.3 is 12.1 Å². The number of aromatic nitrogens is 2. The van der Waals surface area contributed by atoms with Crippen molar-refractivity contribution in [1.82, 2.24) is 19.8 Å². The van der Waals surface area contributed by atoms with Gasteiger partial charge in [0.15, 0.2) is 0 Å². The molecule has 2 aromatic rings. The van der Waals surface area contributed by atoms with E-state index in [9.17, 15) is 27.5 Å². The third-order valence-electron chi connectivity index (χ3n) is 8.96. The van der Waals surface area contributed by atoms with Crippen LogP contribution in [0.15, 0.2) is 36.7 Å². The molecule has 3 aliphatic rings. The summed E-state index contributed by atoms with van der Waals surface area (Å²) in [6.45, 7) is 4.14. The van der Waals surface area contributed by atoms with Gasteiger partial charge in [-0.3, -0.25) is 9.69 Å². The van der Waals surface area contributed by atoms with E-state index < -0.39 is 24.0 Å². The molecule has 6 nitrogen and oxygen atoms in total. The lowest BCUT2D eigenvalue weighted by Gasteiger charge is -2.35. The maximum absolute atomic E-state index is 14.1. The molecule has 2 saturated heterocycles. The van der Waals surface area contributed by atoms with Crippen molar-refractivity contribution in [2.75, 3.05) is 32.7 Å². The fourth-order valence-electron chi connectivity index (χ4n) is 6.55. The van der Waals surface area contributed by atoms with Crippen molar-refractivity contribution in [3.63, 3.8) is 0 Å². The number of hydrogen-bond donors (Lipinski definition) is 1. The number of nitrogens with zero attached hydrogens (tertiary/aromatic N) is 4. The van der Waals surface area contributed by atoms with Gasteiger partial charge in [-0.2, -0.15) is 13.2 Å². The number of benzene rings is 1. The zero-order valence-electron chi connectivity index (χ0n) is 22.7. The zero-order valence-corrected chi connectivity index (χ0v) is 22.7. The van der Waals surface area contributed by atoms with Crippen LogP contribution in [-0.4, -0.2) is 69.6 Å². The summed E-state index contributed by atoms with van der Waals surface area (Å²) < 4.78 is 52.1. The largest absolute Gasteiger partial charge is 0.480 e. The number of aryl methyl sites for hydroxylation is 1. The Morgan fingerprint density at radius 1 is 1.05 bits per heavy atom. The number of halogens is 4. The average molecular weight is 563 g/mol. The SMILES string of the molecule is O=C(O)C(CC1CC1)N1CC(CN2CCC(CCCc3cnc(C(F)(F)F)nc3)CC2)C(c2cccc(F)c2)C1. The van der Waals surface area contributed by atoms with Crippen LogP contribution in [-0.2, 0) is 17.4 Å². The highest BCUT2D eigenvalue weighted by molar-refractivity contribution is 5.73. The van der Waals surface area contributed by atoms with Crippen LogP contribution in [0, 0.1) is 23.6 Å². The monoisotopic (exact) mass is 562 g/mol. The molecule has 0 bridgehead atoms. The number of piperidine rings is 1. The van der Waals surface area contributed by atoms with Gasteiger partial charge in [0.05, 0.1) is 0 Å². The number of rotatable bonds is 11. The second-order valence-corrected chi connectivity index (χ2v) is 12.0. The highest BCUT2D eigenvalue weighted by Crippen LogP contribution is 2.40. The number of carboxylic acid groups (broad SMARTS) is 1. The summed E-state index contributed by atoms with van der Waals surface area (Å²) in [6, 6.07) is 6.29. The van der Waals surface area contributed by atoms with Crippen molar-refractivity contribution in [2.24, 2.45) is 17.8 Å². The molecular formula is C30H38F4N4O2. The maximum atomic E-state index is 14.1. The first-order valence-electron chi connectivity index (χ1n) is 14.5.